The number of nitrogens with zero attached hydrogens (tertiary/aromatic N) is 2. The quantitative estimate of drug-likeness (QED) is 0.770. The van der Waals surface area contributed by atoms with Gasteiger partial charge in [-0.2, -0.15) is 0 Å². The number of imide groups is 1. The Hall–Kier alpha value is -2.74. The number of urea groups is 1. The molecule has 2 aromatic rings. The van der Waals surface area contributed by atoms with Crippen molar-refractivity contribution in [2.24, 2.45) is 0 Å². The highest BCUT2D eigenvalue weighted by Crippen LogP contribution is 2.23. The number of thiazole rings is 1. The Morgan fingerprint density at radius 2 is 2.04 bits per heavy atom. The molecule has 3 rings (SSSR count). The molecule has 0 spiro atoms. The summed E-state index contributed by atoms with van der Waals surface area (Å²) in [6.45, 7) is 0.408. The lowest BCUT2D eigenvalue weighted by Crippen LogP contribution is -2.32. The fraction of sp³-hybridized carbons (Fsp3) is 0.294. The zero-order chi connectivity index (χ0) is 17.8. The van der Waals surface area contributed by atoms with Crippen LogP contribution in [-0.2, 0) is 16.1 Å². The molecule has 0 bridgehead atoms. The van der Waals surface area contributed by atoms with Crippen LogP contribution in [0.5, 0.6) is 0 Å². The fourth-order valence-electron chi connectivity index (χ4n) is 2.54. The number of nitrogens with one attached hydrogen (secondary N) is 2. The summed E-state index contributed by atoms with van der Waals surface area (Å²) in [6, 6.07) is 8.74. The molecule has 0 aliphatic carbocycles. The van der Waals surface area contributed by atoms with Crippen molar-refractivity contribution in [3.63, 3.8) is 0 Å². The van der Waals surface area contributed by atoms with Crippen molar-refractivity contribution in [2.45, 2.75) is 25.4 Å². The van der Waals surface area contributed by atoms with E-state index in [1.807, 2.05) is 35.7 Å². The van der Waals surface area contributed by atoms with Gasteiger partial charge in [0, 0.05) is 24.4 Å². The Kier molecular flexibility index (Phi) is 5.08. The monoisotopic (exact) mass is 358 g/mol. The van der Waals surface area contributed by atoms with E-state index in [1.54, 1.807) is 23.3 Å². The normalized spacial score (nSPS) is 16.4. The van der Waals surface area contributed by atoms with Gasteiger partial charge in [-0.05, 0) is 6.42 Å². The lowest BCUT2D eigenvalue weighted by Gasteiger charge is -2.16. The van der Waals surface area contributed by atoms with E-state index in [9.17, 15) is 14.4 Å². The molecule has 1 aromatic carbocycles. The number of hydrogen-bond donors (Lipinski definition) is 2. The highest BCUT2D eigenvalue weighted by atomic mass is 32.1. The summed E-state index contributed by atoms with van der Waals surface area (Å²) in [5.41, 5.74) is 1.88. The van der Waals surface area contributed by atoms with E-state index in [4.69, 9.17) is 0 Å². The van der Waals surface area contributed by atoms with Gasteiger partial charge in [-0.15, -0.1) is 11.3 Å². The molecule has 1 fully saturated rings. The Balaban J connectivity index is 1.52. The average Bonchev–Trinajstić information content (AvgIpc) is 3.19. The van der Waals surface area contributed by atoms with Gasteiger partial charge in [0.05, 0.1) is 12.2 Å². The Bertz CT molecular complexity index is 790. The third-order valence-electron chi connectivity index (χ3n) is 3.90. The molecule has 2 heterocycles. The van der Waals surface area contributed by atoms with Crippen molar-refractivity contribution in [2.75, 3.05) is 7.05 Å². The SMILES string of the molecule is CN(Cc1csc(-c2ccccc2)n1)C(=O)CCC1NC(=O)NC1=O. The van der Waals surface area contributed by atoms with E-state index in [-0.39, 0.29) is 24.7 Å². The lowest BCUT2D eigenvalue weighted by atomic mass is 10.1. The molecule has 0 radical (unpaired) electrons. The van der Waals surface area contributed by atoms with Crippen LogP contribution in [0.2, 0.25) is 0 Å². The first-order valence-electron chi connectivity index (χ1n) is 7.88. The predicted molar refractivity (Wildman–Crippen MR) is 93.7 cm³/mol. The molecule has 2 N–H and O–H groups in total. The van der Waals surface area contributed by atoms with Crippen molar-refractivity contribution in [1.82, 2.24) is 20.5 Å². The van der Waals surface area contributed by atoms with Gasteiger partial charge < -0.3 is 10.2 Å². The second-order valence-electron chi connectivity index (χ2n) is 5.81. The summed E-state index contributed by atoms with van der Waals surface area (Å²) in [4.78, 5) is 40.9. The van der Waals surface area contributed by atoms with E-state index in [2.05, 4.69) is 15.6 Å². The zero-order valence-electron chi connectivity index (χ0n) is 13.7. The van der Waals surface area contributed by atoms with Gasteiger partial charge in [0.2, 0.25) is 5.91 Å². The minimum atomic E-state index is -0.631. The minimum Gasteiger partial charge on any atom is -0.340 e. The molecular formula is C17H18N4O3S. The molecule has 0 saturated carbocycles. The summed E-state index contributed by atoms with van der Waals surface area (Å²) >= 11 is 1.54. The summed E-state index contributed by atoms with van der Waals surface area (Å²) in [7, 11) is 1.71. The number of carbonyl (C=O) groups is 3. The maximum Gasteiger partial charge on any atom is 0.322 e. The third kappa shape index (κ3) is 4.21. The zero-order valence-corrected chi connectivity index (χ0v) is 14.5. The first-order valence-corrected chi connectivity index (χ1v) is 8.76. The number of rotatable bonds is 6. The second-order valence-corrected chi connectivity index (χ2v) is 6.67. The van der Waals surface area contributed by atoms with Gasteiger partial charge in [-0.1, -0.05) is 30.3 Å². The molecular weight excluding hydrogens is 340 g/mol. The largest absolute Gasteiger partial charge is 0.340 e. The number of carbonyl (C=O) groups excluding carboxylic acids is 3. The predicted octanol–water partition coefficient (Wildman–Crippen LogP) is 1.76. The highest BCUT2D eigenvalue weighted by Gasteiger charge is 2.29. The van der Waals surface area contributed by atoms with Crippen molar-refractivity contribution in [3.8, 4) is 10.6 Å². The van der Waals surface area contributed by atoms with Crippen molar-refractivity contribution in [3.05, 3.63) is 41.4 Å². The highest BCUT2D eigenvalue weighted by molar-refractivity contribution is 7.13. The van der Waals surface area contributed by atoms with Crippen LogP contribution in [0.15, 0.2) is 35.7 Å². The van der Waals surface area contributed by atoms with Gasteiger partial charge in [-0.25, -0.2) is 9.78 Å². The van der Waals surface area contributed by atoms with Gasteiger partial charge >= 0.3 is 6.03 Å². The maximum absolute atomic E-state index is 12.2. The maximum atomic E-state index is 12.2. The Morgan fingerprint density at radius 1 is 1.28 bits per heavy atom. The average molecular weight is 358 g/mol. The molecule has 1 aromatic heterocycles. The van der Waals surface area contributed by atoms with E-state index in [0.717, 1.165) is 16.3 Å². The summed E-state index contributed by atoms with van der Waals surface area (Å²) in [5, 5.41) is 7.50. The van der Waals surface area contributed by atoms with Crippen molar-refractivity contribution in [1.29, 1.82) is 0 Å². The molecule has 130 valence electrons. The topological polar surface area (TPSA) is 91.4 Å². The second kappa shape index (κ2) is 7.43. The van der Waals surface area contributed by atoms with Crippen LogP contribution < -0.4 is 10.6 Å². The van der Waals surface area contributed by atoms with E-state index < -0.39 is 12.1 Å². The Morgan fingerprint density at radius 3 is 2.72 bits per heavy atom. The molecule has 8 heteroatoms. The van der Waals surface area contributed by atoms with Crippen molar-refractivity contribution < 1.29 is 14.4 Å². The molecule has 1 aliphatic heterocycles. The lowest BCUT2D eigenvalue weighted by molar-refractivity contribution is -0.130. The van der Waals surface area contributed by atoms with Gasteiger partial charge in [-0.3, -0.25) is 14.9 Å². The van der Waals surface area contributed by atoms with Crippen LogP contribution in [0.1, 0.15) is 18.5 Å². The van der Waals surface area contributed by atoms with Gasteiger partial charge in [0.1, 0.15) is 11.0 Å². The summed E-state index contributed by atoms with van der Waals surface area (Å²) < 4.78 is 0. The van der Waals surface area contributed by atoms with Gasteiger partial charge in [0.15, 0.2) is 0 Å². The van der Waals surface area contributed by atoms with Crippen LogP contribution in [0.25, 0.3) is 10.6 Å². The van der Waals surface area contributed by atoms with Crippen molar-refractivity contribution >= 4 is 29.2 Å². The number of aromatic nitrogens is 1. The first kappa shape index (κ1) is 17.1. The smallest absolute Gasteiger partial charge is 0.322 e. The van der Waals surface area contributed by atoms with Crippen LogP contribution in [0, 0.1) is 0 Å². The number of benzene rings is 1. The number of hydrogen-bond acceptors (Lipinski definition) is 5. The summed E-state index contributed by atoms with van der Waals surface area (Å²) in [6.07, 6.45) is 0.470. The standard InChI is InChI=1S/C17H18N4O3S/c1-21(14(22)8-7-13-15(23)20-17(24)19-13)9-12-10-25-16(18-12)11-5-3-2-4-6-11/h2-6,10,13H,7-9H2,1H3,(H2,19,20,23,24). The summed E-state index contributed by atoms with van der Waals surface area (Å²) in [5.74, 6) is -0.476. The Labute approximate surface area is 149 Å². The van der Waals surface area contributed by atoms with E-state index >= 15 is 0 Å². The molecule has 1 unspecified atom stereocenters. The molecule has 4 amide bonds. The van der Waals surface area contributed by atoms with Crippen LogP contribution >= 0.6 is 11.3 Å². The third-order valence-corrected chi connectivity index (χ3v) is 4.84. The first-order chi connectivity index (χ1) is 12.0. The van der Waals surface area contributed by atoms with E-state index in [0.29, 0.717) is 6.54 Å². The molecule has 1 aliphatic rings. The molecule has 1 saturated heterocycles. The van der Waals surface area contributed by atoms with Gasteiger partial charge in [0.25, 0.3) is 5.91 Å². The van der Waals surface area contributed by atoms with Crippen LogP contribution in [-0.4, -0.2) is 40.8 Å². The van der Waals surface area contributed by atoms with Crippen LogP contribution in [0.4, 0.5) is 4.79 Å². The van der Waals surface area contributed by atoms with Crippen LogP contribution in [0.3, 0.4) is 0 Å². The molecule has 25 heavy (non-hydrogen) atoms. The fourth-order valence-corrected chi connectivity index (χ4v) is 3.36. The number of amides is 4. The minimum absolute atomic E-state index is 0.0942. The molecule has 1 atom stereocenters. The molecule has 7 nitrogen and oxygen atoms in total. The van der Waals surface area contributed by atoms with E-state index in [1.165, 1.54) is 0 Å².